The summed E-state index contributed by atoms with van der Waals surface area (Å²) in [6.45, 7) is 2.48. The Morgan fingerprint density at radius 2 is 2.25 bits per heavy atom. The van der Waals surface area contributed by atoms with Gasteiger partial charge in [-0.25, -0.2) is 4.39 Å². The molecule has 2 N–H and O–H groups in total. The van der Waals surface area contributed by atoms with Crippen molar-refractivity contribution in [2.75, 3.05) is 6.61 Å². The molecular formula is C13H18FNO. The lowest BCUT2D eigenvalue weighted by Crippen LogP contribution is -2.19. The van der Waals surface area contributed by atoms with E-state index in [4.69, 9.17) is 10.5 Å². The summed E-state index contributed by atoms with van der Waals surface area (Å²) in [5.74, 6) is 0.992. The van der Waals surface area contributed by atoms with E-state index >= 15 is 0 Å². The predicted molar refractivity (Wildman–Crippen MR) is 61.8 cm³/mol. The maximum Gasteiger partial charge on any atom is 0.131 e. The van der Waals surface area contributed by atoms with Gasteiger partial charge in [0.25, 0.3) is 0 Å². The van der Waals surface area contributed by atoms with E-state index in [1.165, 1.54) is 25.3 Å². The van der Waals surface area contributed by atoms with Crippen LogP contribution in [0.15, 0.2) is 18.2 Å². The van der Waals surface area contributed by atoms with E-state index in [2.05, 4.69) is 0 Å². The van der Waals surface area contributed by atoms with Gasteiger partial charge in [-0.15, -0.1) is 0 Å². The Bertz CT molecular complexity index is 361. The number of benzene rings is 1. The van der Waals surface area contributed by atoms with E-state index in [-0.39, 0.29) is 11.9 Å². The maximum absolute atomic E-state index is 13.6. The zero-order valence-corrected chi connectivity index (χ0v) is 9.58. The van der Waals surface area contributed by atoms with Crippen LogP contribution in [0.2, 0.25) is 0 Å². The van der Waals surface area contributed by atoms with Gasteiger partial charge < -0.3 is 10.5 Å². The van der Waals surface area contributed by atoms with Gasteiger partial charge in [0.15, 0.2) is 0 Å². The van der Waals surface area contributed by atoms with Crippen LogP contribution in [-0.2, 0) is 0 Å². The summed E-state index contributed by atoms with van der Waals surface area (Å²) in [7, 11) is 0. The van der Waals surface area contributed by atoms with Gasteiger partial charge in [0.2, 0.25) is 0 Å². The summed E-state index contributed by atoms with van der Waals surface area (Å²) in [6, 6.07) is 4.65. The molecule has 0 aliphatic heterocycles. The summed E-state index contributed by atoms with van der Waals surface area (Å²) in [5, 5.41) is 0. The lowest BCUT2D eigenvalue weighted by atomic mass is 9.86. The van der Waals surface area contributed by atoms with E-state index in [1.807, 2.05) is 0 Å². The van der Waals surface area contributed by atoms with Crippen LogP contribution < -0.4 is 10.5 Å². The fourth-order valence-corrected chi connectivity index (χ4v) is 1.84. The molecule has 0 radical (unpaired) electrons. The highest BCUT2D eigenvalue weighted by Gasteiger charge is 2.18. The monoisotopic (exact) mass is 223 g/mol. The topological polar surface area (TPSA) is 35.2 Å². The molecule has 1 fully saturated rings. The van der Waals surface area contributed by atoms with Crippen molar-refractivity contribution in [1.29, 1.82) is 0 Å². The van der Waals surface area contributed by atoms with Crippen LogP contribution in [0.1, 0.15) is 37.8 Å². The molecule has 0 spiro atoms. The molecule has 0 heterocycles. The van der Waals surface area contributed by atoms with Crippen molar-refractivity contribution < 1.29 is 9.13 Å². The van der Waals surface area contributed by atoms with Gasteiger partial charge in [-0.1, -0.05) is 12.5 Å². The number of nitrogens with two attached hydrogens (primary N) is 1. The highest BCUT2D eigenvalue weighted by molar-refractivity contribution is 5.30. The first-order valence-electron chi connectivity index (χ1n) is 5.84. The van der Waals surface area contributed by atoms with E-state index in [0.717, 1.165) is 0 Å². The van der Waals surface area contributed by atoms with Gasteiger partial charge in [-0.2, -0.15) is 0 Å². The Kier molecular flexibility index (Phi) is 3.44. The number of ether oxygens (including phenoxy) is 1. The molecule has 1 aliphatic rings. The lowest BCUT2D eigenvalue weighted by Gasteiger charge is -2.25. The van der Waals surface area contributed by atoms with E-state index < -0.39 is 0 Å². The van der Waals surface area contributed by atoms with E-state index in [0.29, 0.717) is 23.8 Å². The lowest BCUT2D eigenvalue weighted by molar-refractivity contribution is 0.180. The highest BCUT2D eigenvalue weighted by Crippen LogP contribution is 2.27. The molecule has 0 amide bonds. The molecule has 88 valence electrons. The average Bonchev–Trinajstić information content (AvgIpc) is 2.14. The first kappa shape index (κ1) is 11.4. The Hall–Kier alpha value is -1.09. The molecule has 0 bridgehead atoms. The van der Waals surface area contributed by atoms with Crippen molar-refractivity contribution in [3.05, 3.63) is 29.6 Å². The quantitative estimate of drug-likeness (QED) is 0.851. The Labute approximate surface area is 95.6 Å². The van der Waals surface area contributed by atoms with Gasteiger partial charge in [0.05, 0.1) is 6.61 Å². The minimum absolute atomic E-state index is 0.277. The van der Waals surface area contributed by atoms with Gasteiger partial charge >= 0.3 is 0 Å². The zero-order chi connectivity index (χ0) is 11.5. The first-order chi connectivity index (χ1) is 7.66. The normalized spacial score (nSPS) is 17.9. The summed E-state index contributed by atoms with van der Waals surface area (Å²) in [4.78, 5) is 0. The summed E-state index contributed by atoms with van der Waals surface area (Å²) in [6.07, 6.45) is 3.77. The molecule has 1 atom stereocenters. The minimum atomic E-state index is -0.277. The summed E-state index contributed by atoms with van der Waals surface area (Å²) < 4.78 is 19.1. The first-order valence-corrected chi connectivity index (χ1v) is 5.84. The van der Waals surface area contributed by atoms with Crippen LogP contribution in [0.25, 0.3) is 0 Å². The van der Waals surface area contributed by atoms with Crippen molar-refractivity contribution >= 4 is 0 Å². The third-order valence-corrected chi connectivity index (χ3v) is 3.17. The molecule has 0 unspecified atom stereocenters. The highest BCUT2D eigenvalue weighted by atomic mass is 19.1. The third kappa shape index (κ3) is 2.53. The third-order valence-electron chi connectivity index (χ3n) is 3.17. The second kappa shape index (κ2) is 4.83. The van der Waals surface area contributed by atoms with E-state index in [9.17, 15) is 4.39 Å². The average molecular weight is 223 g/mol. The molecule has 1 aliphatic carbocycles. The number of halogens is 1. The van der Waals surface area contributed by atoms with Crippen molar-refractivity contribution in [1.82, 2.24) is 0 Å². The van der Waals surface area contributed by atoms with Crippen LogP contribution in [-0.4, -0.2) is 6.61 Å². The number of rotatable bonds is 4. The standard InChI is InChI=1S/C13H18FNO/c1-9(15)12-6-5-11(7-13(12)14)16-8-10-3-2-4-10/h5-7,9-10H,2-4,8,15H2,1H3/t9-/m1/s1. The molecule has 1 aromatic rings. The van der Waals surface area contributed by atoms with E-state index in [1.54, 1.807) is 19.1 Å². The summed E-state index contributed by atoms with van der Waals surface area (Å²) in [5.41, 5.74) is 6.17. The largest absolute Gasteiger partial charge is 0.493 e. The molecule has 2 rings (SSSR count). The second-order valence-corrected chi connectivity index (χ2v) is 4.58. The predicted octanol–water partition coefficient (Wildman–Crippen LogP) is 3.02. The van der Waals surface area contributed by atoms with Crippen molar-refractivity contribution in [3.63, 3.8) is 0 Å². The van der Waals surface area contributed by atoms with Crippen molar-refractivity contribution in [2.24, 2.45) is 11.7 Å². The Morgan fingerprint density at radius 3 is 2.75 bits per heavy atom. The maximum atomic E-state index is 13.6. The molecule has 0 aromatic heterocycles. The van der Waals surface area contributed by atoms with Crippen LogP contribution in [0, 0.1) is 11.7 Å². The minimum Gasteiger partial charge on any atom is -0.493 e. The SMILES string of the molecule is C[C@@H](N)c1ccc(OCC2CCC2)cc1F. The van der Waals surface area contributed by atoms with Gasteiger partial charge in [-0.05, 0) is 31.7 Å². The Morgan fingerprint density at radius 1 is 1.50 bits per heavy atom. The summed E-state index contributed by atoms with van der Waals surface area (Å²) >= 11 is 0. The molecule has 16 heavy (non-hydrogen) atoms. The van der Waals surface area contributed by atoms with Crippen molar-refractivity contribution in [2.45, 2.75) is 32.2 Å². The van der Waals surface area contributed by atoms with Gasteiger partial charge in [-0.3, -0.25) is 0 Å². The fraction of sp³-hybridized carbons (Fsp3) is 0.538. The number of hydrogen-bond donors (Lipinski definition) is 1. The van der Waals surface area contributed by atoms with Crippen LogP contribution in [0.5, 0.6) is 5.75 Å². The molecule has 0 saturated heterocycles. The number of hydrogen-bond acceptors (Lipinski definition) is 2. The van der Waals surface area contributed by atoms with Crippen LogP contribution in [0.3, 0.4) is 0 Å². The van der Waals surface area contributed by atoms with Crippen molar-refractivity contribution in [3.8, 4) is 5.75 Å². The fourth-order valence-electron chi connectivity index (χ4n) is 1.84. The Balaban J connectivity index is 1.97. The van der Waals surface area contributed by atoms with Crippen LogP contribution in [0.4, 0.5) is 4.39 Å². The zero-order valence-electron chi connectivity index (χ0n) is 9.58. The van der Waals surface area contributed by atoms with Gasteiger partial charge in [0, 0.05) is 17.7 Å². The molecule has 3 heteroatoms. The van der Waals surface area contributed by atoms with Crippen LogP contribution >= 0.6 is 0 Å². The smallest absolute Gasteiger partial charge is 0.131 e. The molecule has 1 saturated carbocycles. The van der Waals surface area contributed by atoms with Gasteiger partial charge in [0.1, 0.15) is 11.6 Å². The molecular weight excluding hydrogens is 205 g/mol. The molecule has 2 nitrogen and oxygen atoms in total. The second-order valence-electron chi connectivity index (χ2n) is 4.58. The molecule has 1 aromatic carbocycles.